The van der Waals surface area contributed by atoms with E-state index in [-0.39, 0.29) is 18.2 Å². The Kier molecular flexibility index (Phi) is 5.13. The topological polar surface area (TPSA) is 49.3 Å². The molecule has 17 heavy (non-hydrogen) atoms. The lowest BCUT2D eigenvalue weighted by molar-refractivity contribution is 0.0155. The summed E-state index contributed by atoms with van der Waals surface area (Å²) in [5.41, 5.74) is -0.605. The molecule has 1 aromatic carbocycles. The van der Waals surface area contributed by atoms with Gasteiger partial charge in [0.25, 0.3) is 0 Å². The van der Waals surface area contributed by atoms with Gasteiger partial charge in [0.2, 0.25) is 0 Å². The number of piperidine rings is 1. The highest BCUT2D eigenvalue weighted by Crippen LogP contribution is 2.24. The van der Waals surface area contributed by atoms with E-state index < -0.39 is 5.60 Å². The molecule has 0 aromatic heterocycles. The van der Waals surface area contributed by atoms with Gasteiger partial charge in [-0.1, -0.05) is 28.1 Å². The molecule has 2 N–H and O–H groups in total. The van der Waals surface area contributed by atoms with Gasteiger partial charge in [-0.3, -0.25) is 4.79 Å². The van der Waals surface area contributed by atoms with Crippen molar-refractivity contribution in [3.05, 3.63) is 34.3 Å². The Bertz CT molecular complexity index is 388. The number of carbonyl (C=O) groups is 1. The van der Waals surface area contributed by atoms with Gasteiger partial charge >= 0.3 is 0 Å². The first-order valence-corrected chi connectivity index (χ1v) is 6.15. The maximum absolute atomic E-state index is 12.1. The molecule has 0 bridgehead atoms. The average Bonchev–Trinajstić information content (AvgIpc) is 2.30. The molecule has 1 aliphatic rings. The second-order valence-electron chi connectivity index (χ2n) is 4.12. The van der Waals surface area contributed by atoms with Crippen molar-refractivity contribution >= 4 is 34.1 Å². The van der Waals surface area contributed by atoms with Crippen LogP contribution in [-0.4, -0.2) is 29.6 Å². The number of Topliss-reactive ketones (excluding diaryl/α,β-unsaturated/α-hetero) is 1. The zero-order chi connectivity index (χ0) is 11.6. The summed E-state index contributed by atoms with van der Waals surface area (Å²) in [5, 5.41) is 13.4. The Morgan fingerprint density at radius 1 is 1.24 bits per heavy atom. The number of aliphatic hydroxyl groups is 1. The van der Waals surface area contributed by atoms with Crippen LogP contribution in [0.15, 0.2) is 28.7 Å². The van der Waals surface area contributed by atoms with Crippen LogP contribution < -0.4 is 5.32 Å². The van der Waals surface area contributed by atoms with Crippen molar-refractivity contribution in [3.63, 3.8) is 0 Å². The molecular formula is C12H15BrClNO2. The molecule has 0 amide bonds. The second kappa shape index (κ2) is 5.96. The normalized spacial score (nSPS) is 18.2. The number of ketones is 1. The highest BCUT2D eigenvalue weighted by atomic mass is 79.9. The van der Waals surface area contributed by atoms with Gasteiger partial charge in [0.05, 0.1) is 0 Å². The maximum Gasteiger partial charge on any atom is 0.194 e. The number of nitrogens with one attached hydrogen (secondary N) is 1. The Morgan fingerprint density at radius 3 is 2.29 bits per heavy atom. The molecule has 1 saturated heterocycles. The van der Waals surface area contributed by atoms with Crippen molar-refractivity contribution in [1.82, 2.24) is 5.32 Å². The third kappa shape index (κ3) is 3.28. The largest absolute Gasteiger partial charge is 0.382 e. The van der Waals surface area contributed by atoms with Crippen LogP contribution in [0.25, 0.3) is 0 Å². The third-order valence-electron chi connectivity index (χ3n) is 2.96. The summed E-state index contributed by atoms with van der Waals surface area (Å²) in [4.78, 5) is 12.1. The Labute approximate surface area is 115 Å². The fourth-order valence-electron chi connectivity index (χ4n) is 1.94. The quantitative estimate of drug-likeness (QED) is 0.821. The lowest BCUT2D eigenvalue weighted by Gasteiger charge is -2.31. The van der Waals surface area contributed by atoms with Crippen molar-refractivity contribution in [2.24, 2.45) is 0 Å². The van der Waals surface area contributed by atoms with Gasteiger partial charge in [0, 0.05) is 10.0 Å². The zero-order valence-corrected chi connectivity index (χ0v) is 11.7. The van der Waals surface area contributed by atoms with Gasteiger partial charge in [0.15, 0.2) is 5.78 Å². The van der Waals surface area contributed by atoms with Gasteiger partial charge in [-0.25, -0.2) is 0 Å². The van der Waals surface area contributed by atoms with E-state index in [9.17, 15) is 9.90 Å². The molecule has 1 aliphatic heterocycles. The van der Waals surface area contributed by atoms with Crippen LogP contribution in [0.4, 0.5) is 0 Å². The summed E-state index contributed by atoms with van der Waals surface area (Å²) in [6, 6.07) is 7.12. The van der Waals surface area contributed by atoms with Gasteiger partial charge < -0.3 is 10.4 Å². The van der Waals surface area contributed by atoms with Crippen LogP contribution >= 0.6 is 28.3 Å². The average molecular weight is 321 g/mol. The summed E-state index contributed by atoms with van der Waals surface area (Å²) in [6.07, 6.45) is 0.976. The van der Waals surface area contributed by atoms with E-state index in [4.69, 9.17) is 0 Å². The monoisotopic (exact) mass is 319 g/mol. The highest BCUT2D eigenvalue weighted by molar-refractivity contribution is 9.10. The number of hydrogen-bond acceptors (Lipinski definition) is 3. The summed E-state index contributed by atoms with van der Waals surface area (Å²) < 4.78 is 0.932. The molecule has 0 aliphatic carbocycles. The molecule has 0 spiro atoms. The minimum Gasteiger partial charge on any atom is -0.382 e. The molecule has 94 valence electrons. The number of benzene rings is 1. The van der Waals surface area contributed by atoms with Crippen molar-refractivity contribution in [1.29, 1.82) is 0 Å². The second-order valence-corrected chi connectivity index (χ2v) is 5.03. The molecule has 2 rings (SSSR count). The number of rotatable bonds is 2. The van der Waals surface area contributed by atoms with Crippen molar-refractivity contribution in [2.45, 2.75) is 18.4 Å². The summed E-state index contributed by atoms with van der Waals surface area (Å²) in [6.45, 7) is 1.39. The molecule has 0 radical (unpaired) electrons. The lowest BCUT2D eigenvalue weighted by atomic mass is 9.85. The van der Waals surface area contributed by atoms with Gasteiger partial charge in [-0.05, 0) is 38.1 Å². The maximum atomic E-state index is 12.1. The molecule has 0 atom stereocenters. The predicted octanol–water partition coefficient (Wildman–Crippen LogP) is 2.17. The van der Waals surface area contributed by atoms with Gasteiger partial charge in [-0.15, -0.1) is 12.4 Å². The predicted molar refractivity (Wildman–Crippen MR) is 72.8 cm³/mol. The summed E-state index contributed by atoms with van der Waals surface area (Å²) >= 11 is 3.32. The van der Waals surface area contributed by atoms with Crippen LogP contribution in [0.2, 0.25) is 0 Å². The fraction of sp³-hybridized carbons (Fsp3) is 0.417. The van der Waals surface area contributed by atoms with Crippen molar-refractivity contribution in [3.8, 4) is 0 Å². The Hall–Kier alpha value is -0.420. The zero-order valence-electron chi connectivity index (χ0n) is 9.28. The summed E-state index contributed by atoms with van der Waals surface area (Å²) in [7, 11) is 0. The standard InChI is InChI=1S/C12H14BrNO2.ClH/c13-10-3-1-9(2-4-10)11(15)12(16)5-7-14-8-6-12;/h1-4,14,16H,5-8H2;1H. The van der Waals surface area contributed by atoms with E-state index in [1.54, 1.807) is 12.1 Å². The van der Waals surface area contributed by atoms with E-state index in [2.05, 4.69) is 21.2 Å². The van der Waals surface area contributed by atoms with Crippen molar-refractivity contribution in [2.75, 3.05) is 13.1 Å². The summed E-state index contributed by atoms with van der Waals surface area (Å²) in [5.74, 6) is -0.165. The molecule has 0 saturated carbocycles. The molecule has 0 unspecified atom stereocenters. The minimum absolute atomic E-state index is 0. The molecule has 1 fully saturated rings. The van der Waals surface area contributed by atoms with Gasteiger partial charge in [-0.2, -0.15) is 0 Å². The number of hydrogen-bond donors (Lipinski definition) is 2. The highest BCUT2D eigenvalue weighted by Gasteiger charge is 2.37. The molecule has 1 heterocycles. The van der Waals surface area contributed by atoms with Crippen LogP contribution in [0.5, 0.6) is 0 Å². The number of halogens is 2. The van der Waals surface area contributed by atoms with Crippen LogP contribution in [-0.2, 0) is 0 Å². The fourth-order valence-corrected chi connectivity index (χ4v) is 2.20. The van der Waals surface area contributed by atoms with E-state index in [0.717, 1.165) is 4.47 Å². The lowest BCUT2D eigenvalue weighted by Crippen LogP contribution is -2.47. The first-order chi connectivity index (χ1) is 7.62. The van der Waals surface area contributed by atoms with E-state index >= 15 is 0 Å². The Morgan fingerprint density at radius 2 is 1.76 bits per heavy atom. The molecule has 3 nitrogen and oxygen atoms in total. The van der Waals surface area contributed by atoms with Crippen LogP contribution in [0.1, 0.15) is 23.2 Å². The SMILES string of the molecule is Cl.O=C(c1ccc(Br)cc1)C1(O)CCNCC1. The smallest absolute Gasteiger partial charge is 0.194 e. The Balaban J connectivity index is 0.00000144. The molecular weight excluding hydrogens is 305 g/mol. The van der Waals surface area contributed by atoms with E-state index in [1.807, 2.05) is 12.1 Å². The molecule has 5 heteroatoms. The van der Waals surface area contributed by atoms with Crippen LogP contribution in [0, 0.1) is 0 Å². The minimum atomic E-state index is -1.18. The third-order valence-corrected chi connectivity index (χ3v) is 3.49. The van der Waals surface area contributed by atoms with Crippen LogP contribution in [0.3, 0.4) is 0 Å². The van der Waals surface area contributed by atoms with E-state index in [0.29, 0.717) is 31.5 Å². The first kappa shape index (κ1) is 14.6. The van der Waals surface area contributed by atoms with Gasteiger partial charge in [0.1, 0.15) is 5.60 Å². The van der Waals surface area contributed by atoms with Crippen molar-refractivity contribution < 1.29 is 9.90 Å². The number of carbonyl (C=O) groups excluding carboxylic acids is 1. The molecule has 1 aromatic rings. The van der Waals surface area contributed by atoms with E-state index in [1.165, 1.54) is 0 Å². The first-order valence-electron chi connectivity index (χ1n) is 5.35.